The summed E-state index contributed by atoms with van der Waals surface area (Å²) in [5, 5.41) is 9.90. The van der Waals surface area contributed by atoms with Crippen molar-refractivity contribution in [1.29, 1.82) is 0 Å². The molecular formula is C26H26N4O4. The summed E-state index contributed by atoms with van der Waals surface area (Å²) in [5.41, 5.74) is 3.01. The summed E-state index contributed by atoms with van der Waals surface area (Å²) in [7, 11) is 0. The molecule has 1 atom stereocenters. The molecule has 174 valence electrons. The van der Waals surface area contributed by atoms with E-state index in [1.54, 1.807) is 25.3 Å². The Hall–Kier alpha value is -3.78. The molecule has 4 aromatic rings. The molecule has 1 fully saturated rings. The first-order valence-electron chi connectivity index (χ1n) is 11.4. The Labute approximate surface area is 197 Å². The first-order chi connectivity index (χ1) is 16.7. The highest BCUT2D eigenvalue weighted by molar-refractivity contribution is 5.97. The third-order valence-corrected chi connectivity index (χ3v) is 6.08. The van der Waals surface area contributed by atoms with Gasteiger partial charge in [0.2, 0.25) is 0 Å². The van der Waals surface area contributed by atoms with Gasteiger partial charge in [0, 0.05) is 36.8 Å². The van der Waals surface area contributed by atoms with Gasteiger partial charge in [-0.1, -0.05) is 34.6 Å². The van der Waals surface area contributed by atoms with Crippen molar-refractivity contribution in [2.24, 2.45) is 5.92 Å². The van der Waals surface area contributed by atoms with Gasteiger partial charge >= 0.3 is 0 Å². The van der Waals surface area contributed by atoms with Gasteiger partial charge in [-0.05, 0) is 48.6 Å². The van der Waals surface area contributed by atoms with E-state index in [4.69, 9.17) is 14.1 Å². The fourth-order valence-corrected chi connectivity index (χ4v) is 4.25. The van der Waals surface area contributed by atoms with Gasteiger partial charge in [-0.25, -0.2) is 4.63 Å². The first kappa shape index (κ1) is 22.0. The molecule has 5 rings (SSSR count). The number of hydrogen-bond acceptors (Lipinski definition) is 7. The highest BCUT2D eigenvalue weighted by atomic mass is 16.6. The molecule has 2 aromatic carbocycles. The van der Waals surface area contributed by atoms with E-state index in [0.29, 0.717) is 49.0 Å². The van der Waals surface area contributed by atoms with Gasteiger partial charge in [0.1, 0.15) is 23.7 Å². The van der Waals surface area contributed by atoms with Crippen molar-refractivity contribution in [2.75, 3.05) is 26.3 Å². The van der Waals surface area contributed by atoms with E-state index in [9.17, 15) is 4.79 Å². The van der Waals surface area contributed by atoms with Crippen LogP contribution < -0.4 is 4.74 Å². The molecule has 0 saturated carbocycles. The number of carbonyl (C=O) groups is 1. The lowest BCUT2D eigenvalue weighted by atomic mass is 9.97. The zero-order valence-electron chi connectivity index (χ0n) is 19.0. The van der Waals surface area contributed by atoms with E-state index in [1.807, 2.05) is 29.3 Å². The smallest absolute Gasteiger partial charge is 0.257 e. The van der Waals surface area contributed by atoms with Crippen molar-refractivity contribution in [3.05, 3.63) is 83.4 Å². The summed E-state index contributed by atoms with van der Waals surface area (Å²) >= 11 is 0. The molecule has 1 amide bonds. The summed E-state index contributed by atoms with van der Waals surface area (Å²) in [6.45, 7) is 4.27. The SMILES string of the molecule is Cc1nonc1COc1ccccc1C(=O)N1CCOC[C@@H](Cc2ccc3ccncc3c2)C1. The van der Waals surface area contributed by atoms with E-state index in [-0.39, 0.29) is 18.4 Å². The van der Waals surface area contributed by atoms with Crippen LogP contribution in [0.1, 0.15) is 27.3 Å². The maximum atomic E-state index is 13.5. The zero-order valence-corrected chi connectivity index (χ0v) is 19.0. The van der Waals surface area contributed by atoms with Gasteiger partial charge < -0.3 is 14.4 Å². The van der Waals surface area contributed by atoms with Gasteiger partial charge in [0.25, 0.3) is 5.91 Å². The van der Waals surface area contributed by atoms with Crippen molar-refractivity contribution >= 4 is 16.7 Å². The predicted octanol–water partition coefficient (Wildman–Crippen LogP) is 3.84. The molecule has 0 spiro atoms. The minimum atomic E-state index is -0.0659. The monoisotopic (exact) mass is 458 g/mol. The molecule has 2 aromatic heterocycles. The van der Waals surface area contributed by atoms with Crippen LogP contribution in [0.5, 0.6) is 5.75 Å². The minimum Gasteiger partial charge on any atom is -0.486 e. The molecule has 0 bridgehead atoms. The predicted molar refractivity (Wildman–Crippen MR) is 125 cm³/mol. The van der Waals surface area contributed by atoms with Crippen LogP contribution in [-0.2, 0) is 17.8 Å². The van der Waals surface area contributed by atoms with Crippen molar-refractivity contribution in [1.82, 2.24) is 20.2 Å². The van der Waals surface area contributed by atoms with E-state index >= 15 is 0 Å². The molecule has 1 aliphatic heterocycles. The van der Waals surface area contributed by atoms with Crippen molar-refractivity contribution in [3.63, 3.8) is 0 Å². The minimum absolute atomic E-state index is 0.0659. The lowest BCUT2D eigenvalue weighted by molar-refractivity contribution is 0.0732. The standard InChI is InChI=1S/C26H26N4O4/c1-18-24(29-34-28-18)17-33-25-5-3-2-4-23(25)26(31)30-10-11-32-16-20(15-30)12-19-6-7-21-8-9-27-14-22(21)13-19/h2-9,13-14,20H,10-12,15-17H2,1H3/t20-/m0/s1. The molecule has 3 heterocycles. The quantitative estimate of drug-likeness (QED) is 0.434. The molecular weight excluding hydrogens is 432 g/mol. The number of para-hydroxylation sites is 1. The summed E-state index contributed by atoms with van der Waals surface area (Å²) in [4.78, 5) is 19.6. The van der Waals surface area contributed by atoms with Gasteiger partial charge in [-0.2, -0.15) is 0 Å². The number of benzene rings is 2. The second-order valence-corrected chi connectivity index (χ2v) is 8.53. The average Bonchev–Trinajstić information content (AvgIpc) is 3.13. The Morgan fingerprint density at radius 1 is 1.15 bits per heavy atom. The van der Waals surface area contributed by atoms with Crippen LogP contribution in [0.2, 0.25) is 0 Å². The molecule has 0 radical (unpaired) electrons. The maximum Gasteiger partial charge on any atom is 0.257 e. The number of nitrogens with zero attached hydrogens (tertiary/aromatic N) is 4. The zero-order chi connectivity index (χ0) is 23.3. The van der Waals surface area contributed by atoms with Gasteiger partial charge in [0.15, 0.2) is 0 Å². The summed E-state index contributed by atoms with van der Waals surface area (Å²) in [5.74, 6) is 0.639. The number of hydrogen-bond donors (Lipinski definition) is 0. The number of carbonyl (C=O) groups excluding carboxylic acids is 1. The van der Waals surface area contributed by atoms with Gasteiger partial charge in [-0.15, -0.1) is 0 Å². The Morgan fingerprint density at radius 3 is 2.94 bits per heavy atom. The number of aromatic nitrogens is 3. The summed E-state index contributed by atoms with van der Waals surface area (Å²) in [6.07, 6.45) is 4.51. The molecule has 8 nitrogen and oxygen atoms in total. The van der Waals surface area contributed by atoms with Crippen LogP contribution in [0.4, 0.5) is 0 Å². The van der Waals surface area contributed by atoms with Crippen molar-refractivity contribution < 1.29 is 18.9 Å². The maximum absolute atomic E-state index is 13.5. The molecule has 1 saturated heterocycles. The molecule has 0 aliphatic carbocycles. The summed E-state index contributed by atoms with van der Waals surface area (Å²) < 4.78 is 16.5. The topological polar surface area (TPSA) is 90.6 Å². The van der Waals surface area contributed by atoms with E-state index in [1.165, 1.54) is 10.9 Å². The highest BCUT2D eigenvalue weighted by Gasteiger charge is 2.26. The first-order valence-corrected chi connectivity index (χ1v) is 11.4. The number of fused-ring (bicyclic) bond motifs is 1. The number of aryl methyl sites for hydroxylation is 1. The average molecular weight is 459 g/mol. The van der Waals surface area contributed by atoms with Crippen molar-refractivity contribution in [2.45, 2.75) is 20.0 Å². The second kappa shape index (κ2) is 10.0. The third kappa shape index (κ3) is 4.92. The normalized spacial score (nSPS) is 16.4. The lowest BCUT2D eigenvalue weighted by Gasteiger charge is -2.24. The van der Waals surface area contributed by atoms with Gasteiger partial charge in [-0.3, -0.25) is 9.78 Å². The lowest BCUT2D eigenvalue weighted by Crippen LogP contribution is -2.36. The molecule has 0 unspecified atom stereocenters. The van der Waals surface area contributed by atoms with Crippen LogP contribution >= 0.6 is 0 Å². The van der Waals surface area contributed by atoms with Crippen LogP contribution in [-0.4, -0.2) is 52.4 Å². The van der Waals surface area contributed by atoms with Crippen molar-refractivity contribution in [3.8, 4) is 5.75 Å². The Bertz CT molecular complexity index is 1290. The van der Waals surface area contributed by atoms with E-state index in [0.717, 1.165) is 11.8 Å². The van der Waals surface area contributed by atoms with Gasteiger partial charge in [0.05, 0.1) is 18.8 Å². The second-order valence-electron chi connectivity index (χ2n) is 8.53. The third-order valence-electron chi connectivity index (χ3n) is 6.08. The number of ether oxygens (including phenoxy) is 2. The fraction of sp³-hybridized carbons (Fsp3) is 0.308. The number of rotatable bonds is 6. The van der Waals surface area contributed by atoms with Crippen LogP contribution in [0.25, 0.3) is 10.8 Å². The largest absolute Gasteiger partial charge is 0.486 e. The van der Waals surface area contributed by atoms with Crippen LogP contribution in [0, 0.1) is 12.8 Å². The Morgan fingerprint density at radius 2 is 2.06 bits per heavy atom. The van der Waals surface area contributed by atoms with Crippen LogP contribution in [0.15, 0.2) is 65.6 Å². The molecule has 34 heavy (non-hydrogen) atoms. The number of amides is 1. The van der Waals surface area contributed by atoms with Crippen LogP contribution in [0.3, 0.4) is 0 Å². The summed E-state index contributed by atoms with van der Waals surface area (Å²) in [6, 6.07) is 15.7. The molecule has 8 heteroatoms. The van der Waals surface area contributed by atoms with E-state index in [2.05, 4.69) is 33.5 Å². The Kier molecular flexibility index (Phi) is 6.49. The Balaban J connectivity index is 1.30. The highest BCUT2D eigenvalue weighted by Crippen LogP contribution is 2.24. The molecule has 1 aliphatic rings. The van der Waals surface area contributed by atoms with E-state index < -0.39 is 0 Å². The number of pyridine rings is 1. The molecule has 0 N–H and O–H groups in total. The fourth-order valence-electron chi connectivity index (χ4n) is 4.25.